The molecule has 1 aromatic heterocycles. The van der Waals surface area contributed by atoms with Gasteiger partial charge in [-0.15, -0.1) is 0 Å². The Morgan fingerprint density at radius 2 is 2.21 bits per heavy atom. The predicted octanol–water partition coefficient (Wildman–Crippen LogP) is 1.66. The maximum Gasteiger partial charge on any atom is 0.253 e. The Bertz CT molecular complexity index is 656. The fraction of sp³-hybridized carbons (Fsp3) is 0.167. The van der Waals surface area contributed by atoms with Crippen molar-refractivity contribution in [3.8, 4) is 0 Å². The van der Waals surface area contributed by atoms with Crippen LogP contribution in [0.3, 0.4) is 0 Å². The van der Waals surface area contributed by atoms with E-state index in [0.717, 1.165) is 11.8 Å². The number of aromatic nitrogens is 2. The molecule has 0 amide bonds. The van der Waals surface area contributed by atoms with E-state index < -0.39 is 6.04 Å². The van der Waals surface area contributed by atoms with Gasteiger partial charge in [-0.05, 0) is 19.1 Å². The Kier molecular flexibility index (Phi) is 3.87. The van der Waals surface area contributed by atoms with Crippen LogP contribution in [0.2, 0.25) is 0 Å². The van der Waals surface area contributed by atoms with Crippen molar-refractivity contribution in [3.05, 3.63) is 46.0 Å². The molecule has 100 valence electrons. The van der Waals surface area contributed by atoms with Crippen LogP contribution in [0.5, 0.6) is 0 Å². The first kappa shape index (κ1) is 13.6. The summed E-state index contributed by atoms with van der Waals surface area (Å²) < 4.78 is 13.8. The van der Waals surface area contributed by atoms with E-state index in [0.29, 0.717) is 15.6 Å². The number of H-pyrrole nitrogens is 1. The standard InChI is InChI=1S/C12H13FN4OS/c1-6(14)11-7(13)3-2-4-8(11)19-12-16-9(15)5-10(18)17-12/h2-6H,14H2,1H3,(H3,15,16,17,18)/t6-/m0/s1. The topological polar surface area (TPSA) is 97.8 Å². The number of anilines is 1. The number of halogens is 1. The first-order chi connectivity index (χ1) is 8.97. The Balaban J connectivity index is 2.43. The summed E-state index contributed by atoms with van der Waals surface area (Å²) in [4.78, 5) is 18.4. The number of nitrogens with one attached hydrogen (secondary N) is 1. The molecule has 2 rings (SSSR count). The number of nitrogen functional groups attached to an aromatic ring is 1. The number of aromatic amines is 1. The van der Waals surface area contributed by atoms with E-state index in [4.69, 9.17) is 11.5 Å². The van der Waals surface area contributed by atoms with E-state index in [1.807, 2.05) is 0 Å². The van der Waals surface area contributed by atoms with Crippen molar-refractivity contribution in [2.45, 2.75) is 23.0 Å². The van der Waals surface area contributed by atoms with Crippen LogP contribution in [-0.2, 0) is 0 Å². The molecule has 0 saturated heterocycles. The molecule has 0 fully saturated rings. The van der Waals surface area contributed by atoms with Gasteiger partial charge in [0.2, 0.25) is 0 Å². The summed E-state index contributed by atoms with van der Waals surface area (Å²) in [7, 11) is 0. The van der Waals surface area contributed by atoms with Gasteiger partial charge in [0.05, 0.1) is 0 Å². The van der Waals surface area contributed by atoms with Crippen molar-refractivity contribution in [1.82, 2.24) is 9.97 Å². The summed E-state index contributed by atoms with van der Waals surface area (Å²) in [5.74, 6) is -0.267. The summed E-state index contributed by atoms with van der Waals surface area (Å²) in [6.45, 7) is 1.69. The van der Waals surface area contributed by atoms with Gasteiger partial charge >= 0.3 is 0 Å². The summed E-state index contributed by atoms with van der Waals surface area (Å²) >= 11 is 1.12. The number of nitrogens with zero attached hydrogens (tertiary/aromatic N) is 1. The number of hydrogen-bond acceptors (Lipinski definition) is 5. The molecular formula is C12H13FN4OS. The highest BCUT2D eigenvalue weighted by Crippen LogP contribution is 2.32. The zero-order valence-corrected chi connectivity index (χ0v) is 11.0. The van der Waals surface area contributed by atoms with E-state index in [2.05, 4.69) is 9.97 Å². The molecule has 5 N–H and O–H groups in total. The lowest BCUT2D eigenvalue weighted by Gasteiger charge is -2.12. The second kappa shape index (κ2) is 5.41. The van der Waals surface area contributed by atoms with Crippen LogP contribution in [0.1, 0.15) is 18.5 Å². The van der Waals surface area contributed by atoms with E-state index in [1.54, 1.807) is 19.1 Å². The molecule has 0 aliphatic carbocycles. The van der Waals surface area contributed by atoms with Crippen LogP contribution in [0.15, 0.2) is 39.1 Å². The highest BCUT2D eigenvalue weighted by molar-refractivity contribution is 7.99. The summed E-state index contributed by atoms with van der Waals surface area (Å²) in [5.41, 5.74) is 11.3. The van der Waals surface area contributed by atoms with Gasteiger partial charge in [-0.3, -0.25) is 4.79 Å². The van der Waals surface area contributed by atoms with E-state index in [1.165, 1.54) is 12.1 Å². The van der Waals surface area contributed by atoms with E-state index in [-0.39, 0.29) is 17.2 Å². The molecule has 7 heteroatoms. The normalized spacial score (nSPS) is 12.4. The van der Waals surface area contributed by atoms with Gasteiger partial charge in [0.25, 0.3) is 5.56 Å². The zero-order chi connectivity index (χ0) is 14.0. The predicted molar refractivity (Wildman–Crippen MR) is 72.4 cm³/mol. The lowest BCUT2D eigenvalue weighted by atomic mass is 10.1. The molecule has 0 aliphatic heterocycles. The zero-order valence-electron chi connectivity index (χ0n) is 10.2. The second-order valence-electron chi connectivity index (χ2n) is 4.02. The van der Waals surface area contributed by atoms with Crippen LogP contribution in [-0.4, -0.2) is 9.97 Å². The molecular weight excluding hydrogens is 267 g/mol. The van der Waals surface area contributed by atoms with Gasteiger partial charge in [-0.2, -0.15) is 0 Å². The Hall–Kier alpha value is -1.86. The first-order valence-corrected chi connectivity index (χ1v) is 6.37. The molecule has 1 atom stereocenters. The van der Waals surface area contributed by atoms with Gasteiger partial charge in [-0.1, -0.05) is 17.8 Å². The molecule has 1 heterocycles. The SMILES string of the molecule is C[C@H](N)c1c(F)cccc1Sc1nc(N)cc(=O)[nH]1. The van der Waals surface area contributed by atoms with Crippen LogP contribution < -0.4 is 17.0 Å². The van der Waals surface area contributed by atoms with Gasteiger partial charge in [-0.25, -0.2) is 9.37 Å². The minimum Gasteiger partial charge on any atom is -0.383 e. The average molecular weight is 280 g/mol. The van der Waals surface area contributed by atoms with E-state index in [9.17, 15) is 9.18 Å². The number of benzene rings is 1. The van der Waals surface area contributed by atoms with Gasteiger partial charge in [0.15, 0.2) is 5.16 Å². The van der Waals surface area contributed by atoms with Crippen molar-refractivity contribution in [2.24, 2.45) is 5.73 Å². The number of rotatable bonds is 3. The number of nitrogens with two attached hydrogens (primary N) is 2. The van der Waals surface area contributed by atoms with Crippen LogP contribution in [0.4, 0.5) is 10.2 Å². The first-order valence-electron chi connectivity index (χ1n) is 5.56. The summed E-state index contributed by atoms with van der Waals surface area (Å²) in [5, 5.41) is 0.303. The third-order valence-corrected chi connectivity index (χ3v) is 3.38. The second-order valence-corrected chi connectivity index (χ2v) is 5.05. The lowest BCUT2D eigenvalue weighted by Crippen LogP contribution is -2.11. The molecule has 0 saturated carbocycles. The average Bonchev–Trinajstić information content (AvgIpc) is 2.26. The Morgan fingerprint density at radius 3 is 2.84 bits per heavy atom. The minimum atomic E-state index is -0.462. The molecule has 5 nitrogen and oxygen atoms in total. The quantitative estimate of drug-likeness (QED) is 0.743. The largest absolute Gasteiger partial charge is 0.383 e. The van der Waals surface area contributed by atoms with Crippen molar-refractivity contribution in [1.29, 1.82) is 0 Å². The molecule has 0 bridgehead atoms. The maximum atomic E-state index is 13.8. The third-order valence-electron chi connectivity index (χ3n) is 2.41. The highest BCUT2D eigenvalue weighted by Gasteiger charge is 2.14. The smallest absolute Gasteiger partial charge is 0.253 e. The van der Waals surface area contributed by atoms with Gasteiger partial charge in [0, 0.05) is 22.6 Å². The lowest BCUT2D eigenvalue weighted by molar-refractivity contribution is 0.585. The summed E-state index contributed by atoms with van der Waals surface area (Å²) in [6.07, 6.45) is 0. The Morgan fingerprint density at radius 1 is 1.47 bits per heavy atom. The minimum absolute atomic E-state index is 0.116. The summed E-state index contributed by atoms with van der Waals surface area (Å²) in [6, 6.07) is 5.36. The molecule has 0 unspecified atom stereocenters. The van der Waals surface area contributed by atoms with Gasteiger partial charge in [0.1, 0.15) is 11.6 Å². The van der Waals surface area contributed by atoms with E-state index >= 15 is 0 Å². The molecule has 19 heavy (non-hydrogen) atoms. The fourth-order valence-electron chi connectivity index (χ4n) is 1.65. The fourth-order valence-corrected chi connectivity index (χ4v) is 2.70. The molecule has 0 radical (unpaired) electrons. The van der Waals surface area contributed by atoms with Crippen molar-refractivity contribution in [3.63, 3.8) is 0 Å². The maximum absolute atomic E-state index is 13.8. The van der Waals surface area contributed by atoms with Crippen LogP contribution >= 0.6 is 11.8 Å². The highest BCUT2D eigenvalue weighted by atomic mass is 32.2. The third kappa shape index (κ3) is 3.12. The van der Waals surface area contributed by atoms with Crippen LogP contribution in [0, 0.1) is 5.82 Å². The molecule has 0 spiro atoms. The Labute approximate surface area is 113 Å². The molecule has 0 aliphatic rings. The van der Waals surface area contributed by atoms with Crippen molar-refractivity contribution in [2.75, 3.05) is 5.73 Å². The number of hydrogen-bond donors (Lipinski definition) is 3. The molecule has 1 aromatic carbocycles. The van der Waals surface area contributed by atoms with Crippen molar-refractivity contribution < 1.29 is 4.39 Å². The monoisotopic (exact) mass is 280 g/mol. The van der Waals surface area contributed by atoms with Crippen molar-refractivity contribution >= 4 is 17.6 Å². The van der Waals surface area contributed by atoms with Gasteiger partial charge < -0.3 is 16.5 Å². The molecule has 2 aromatic rings. The van der Waals surface area contributed by atoms with Crippen LogP contribution in [0.25, 0.3) is 0 Å².